The van der Waals surface area contributed by atoms with Crippen molar-refractivity contribution >= 4 is 17.9 Å². The maximum absolute atomic E-state index is 12.3. The molecule has 0 bridgehead atoms. The number of unbranched alkanes of at least 4 members (excludes halogenated alkanes) is 8. The third-order valence-electron chi connectivity index (χ3n) is 32.0. The second-order valence-corrected chi connectivity index (χ2v) is 44.8. The van der Waals surface area contributed by atoms with Gasteiger partial charge in [0.15, 0.2) is 0 Å². The number of carboxylic acid groups (broad SMARTS) is 2. The number of methoxy groups -OCH3 is 1. The van der Waals surface area contributed by atoms with Crippen molar-refractivity contribution in [3.8, 4) is 69.0 Å². The summed E-state index contributed by atoms with van der Waals surface area (Å²) in [7, 11) is 1.30. The maximum Gasteiger partial charge on any atom is 0.341 e. The van der Waals surface area contributed by atoms with Crippen LogP contribution in [-0.4, -0.2) is 98.0 Å². The number of esters is 1. The molecule has 0 aromatic heterocycles. The number of carboxylic acids is 2. The van der Waals surface area contributed by atoms with Gasteiger partial charge in [-0.05, 0) is 351 Å². The fourth-order valence-electron chi connectivity index (χ4n) is 24.3. The molecular formula is C126H174O18. The molecule has 3 heterocycles. The highest BCUT2D eigenvalue weighted by Gasteiger charge is 2.50. The summed E-state index contributed by atoms with van der Waals surface area (Å²) in [4.78, 5) is 36.0. The number of carbonyl (C=O) groups excluding carboxylic acids is 1. The Bertz CT molecular complexity index is 5770. The van der Waals surface area contributed by atoms with Crippen molar-refractivity contribution in [2.75, 3.05) is 7.11 Å². The second kappa shape index (κ2) is 50.9. The smallest absolute Gasteiger partial charge is 0.341 e. The van der Waals surface area contributed by atoms with Gasteiger partial charge in [0.05, 0.1) is 7.11 Å². The van der Waals surface area contributed by atoms with Crippen LogP contribution in [0.4, 0.5) is 0 Å². The predicted octanol–water partition coefficient (Wildman–Crippen LogP) is 32.4. The van der Waals surface area contributed by atoms with Crippen molar-refractivity contribution in [3.63, 3.8) is 0 Å². The van der Waals surface area contributed by atoms with Crippen LogP contribution in [0.1, 0.15) is 446 Å². The Kier molecular flexibility index (Phi) is 40.6. The van der Waals surface area contributed by atoms with E-state index in [-0.39, 0.29) is 133 Å². The topological polar surface area (TPSA) is 311 Å². The van der Waals surface area contributed by atoms with Crippen LogP contribution in [0.5, 0.6) is 69.0 Å². The van der Waals surface area contributed by atoms with Crippen molar-refractivity contribution in [3.05, 3.63) is 244 Å². The first-order valence-electron chi connectivity index (χ1n) is 54.0. The molecule has 18 heteroatoms. The lowest BCUT2D eigenvalue weighted by Gasteiger charge is -2.46. The normalized spacial score (nSPS) is 22.5. The molecule has 6 aromatic carbocycles. The van der Waals surface area contributed by atoms with E-state index in [1.54, 1.807) is 6.07 Å². The molecule has 3 aliphatic heterocycles. The number of phenolic OH excluding ortho intramolecular Hbond substituents is 7. The standard InChI is InChI=1S/2C22H30O4.C21H28O4.2C21H30O2.C19H26O2/c1-5-6-7-8-14-12-17-19(20(23)18(14)21(24)25)15-11-13(2)9-10-16(15)22(3,4)26-17;1-5-6-7-8-15-12-18(23)20(21(24)19(15)22(25)26)17-11-14(4)9-10-16(17)13(2)3;1-6-7-14-11-17(22)19(20(23)18(14)21(24)25-5)16-10-13(4)8-9-15(16)12(2)3;1-5-6-7-8-15-12-18(22)20-16-11-14(2)9-10-17(16)21(3,4)23-19(20)13-15;1-5-6-7-8-16-12-19(22)21(20(23)13-16)18-11-15(4)9-10-17(18)14(2)3;1-5-6-13-10-16(20)18-14-9-12(2)7-8-15(14)19(3,4)21-17(18)11-13/h11-12,15-16,23H,5-10H2,1-4H3,(H,24,25);11-12,16-17,23-24H,2,5-10H2,1,3-4H3,(H,25,26);10-11,15-16,22-23H,2,6-9H2,1,3-5H3;11-13,16-17,22H,5-10H2,1-4H3;11-13,17-18,22-23H,2,5-10H2,1,3-4H3;9-11,14-15,20H,5-8H2,1-4H3/t15-,16-;16-,17+;15-,16+;16-,17-;17-,18+;14-,15-/m100101/s1. The van der Waals surface area contributed by atoms with Crippen molar-refractivity contribution in [2.45, 2.75) is 403 Å². The number of aromatic carboxylic acids is 2. The molecule has 0 unspecified atom stereocenters. The summed E-state index contributed by atoms with van der Waals surface area (Å²) in [6.07, 6.45) is 44.9. The van der Waals surface area contributed by atoms with E-state index in [9.17, 15) is 70.6 Å². The van der Waals surface area contributed by atoms with Crippen molar-refractivity contribution in [2.24, 2.45) is 35.5 Å². The minimum absolute atomic E-state index is 0.00490. The highest BCUT2D eigenvalue weighted by atomic mass is 16.5. The molecule has 0 saturated heterocycles. The first-order valence-corrected chi connectivity index (χ1v) is 54.0. The number of carbonyl (C=O) groups is 3. The van der Waals surface area contributed by atoms with Crippen LogP contribution >= 0.6 is 0 Å². The summed E-state index contributed by atoms with van der Waals surface area (Å²) >= 11 is 0. The number of ether oxygens (including phenoxy) is 4. The van der Waals surface area contributed by atoms with Crippen LogP contribution in [0.3, 0.4) is 0 Å². The highest BCUT2D eigenvalue weighted by molar-refractivity contribution is 5.96. The van der Waals surface area contributed by atoms with E-state index in [2.05, 4.69) is 166 Å². The van der Waals surface area contributed by atoms with E-state index in [0.717, 1.165) is 199 Å². The van der Waals surface area contributed by atoms with Gasteiger partial charge in [-0.25, -0.2) is 14.4 Å². The molecule has 0 spiro atoms. The molecule has 0 fully saturated rings. The zero-order chi connectivity index (χ0) is 106. The first-order chi connectivity index (χ1) is 68.1. The van der Waals surface area contributed by atoms with Crippen LogP contribution in [0.2, 0.25) is 0 Å². The number of hydrogen-bond acceptors (Lipinski definition) is 16. The molecule has 15 rings (SSSR count). The average Bonchev–Trinajstić information content (AvgIpc) is 0.735. The molecule has 9 aliphatic rings. The number of fused-ring (bicyclic) bond motifs is 9. The van der Waals surface area contributed by atoms with Gasteiger partial charge in [0.2, 0.25) is 0 Å². The Morgan fingerprint density at radius 2 is 0.583 bits per heavy atom. The third kappa shape index (κ3) is 27.4. The summed E-state index contributed by atoms with van der Waals surface area (Å²) in [5, 5.41) is 116. The molecule has 6 aromatic rings. The lowest BCUT2D eigenvalue weighted by molar-refractivity contribution is 0.0103. The molecule has 0 radical (unpaired) electrons. The monoisotopic (exact) mass is 1980 g/mol. The lowest BCUT2D eigenvalue weighted by atomic mass is 9.67. The van der Waals surface area contributed by atoms with Gasteiger partial charge in [-0.2, -0.15) is 0 Å². The summed E-state index contributed by atoms with van der Waals surface area (Å²) in [5.74, 6) is 2.05. The average molecular weight is 1980 g/mol. The number of aryl methyl sites for hydroxylation is 6. The van der Waals surface area contributed by atoms with Crippen molar-refractivity contribution in [1.82, 2.24) is 0 Å². The molecule has 0 amide bonds. The number of aromatic hydroxyl groups is 9. The van der Waals surface area contributed by atoms with Crippen LogP contribution in [-0.2, 0) is 43.3 Å². The maximum atomic E-state index is 12.3. The van der Waals surface area contributed by atoms with Gasteiger partial charge in [-0.1, -0.05) is 212 Å². The molecule has 18 nitrogen and oxygen atoms in total. The van der Waals surface area contributed by atoms with Crippen LogP contribution in [0, 0.1) is 35.5 Å². The van der Waals surface area contributed by atoms with E-state index in [1.807, 2.05) is 78.0 Å². The predicted molar refractivity (Wildman–Crippen MR) is 584 cm³/mol. The van der Waals surface area contributed by atoms with Gasteiger partial charge in [0.1, 0.15) is 102 Å². The van der Waals surface area contributed by atoms with Crippen molar-refractivity contribution in [1.29, 1.82) is 0 Å². The Morgan fingerprint density at radius 1 is 0.319 bits per heavy atom. The van der Waals surface area contributed by atoms with E-state index in [0.29, 0.717) is 87.3 Å². The Hall–Kier alpha value is -11.0. The minimum atomic E-state index is -1.15. The number of allylic oxidation sites excluding steroid dienone is 15. The molecular weight excluding hydrogens is 1800 g/mol. The number of benzene rings is 6. The van der Waals surface area contributed by atoms with Gasteiger partial charge < -0.3 is 75.1 Å². The lowest BCUT2D eigenvalue weighted by Crippen LogP contribution is -2.45. The highest BCUT2D eigenvalue weighted by Crippen LogP contribution is 2.60. The van der Waals surface area contributed by atoms with Crippen LogP contribution < -0.4 is 14.2 Å². The van der Waals surface area contributed by atoms with Gasteiger partial charge in [-0.15, -0.1) is 0 Å². The van der Waals surface area contributed by atoms with E-state index in [1.165, 1.54) is 89.8 Å². The molecule has 144 heavy (non-hydrogen) atoms. The van der Waals surface area contributed by atoms with Gasteiger partial charge >= 0.3 is 17.9 Å². The summed E-state index contributed by atoms with van der Waals surface area (Å²) < 4.78 is 23.8. The Balaban J connectivity index is 0.000000178. The number of phenols is 9. The van der Waals surface area contributed by atoms with Crippen LogP contribution in [0.25, 0.3) is 0 Å². The van der Waals surface area contributed by atoms with E-state index < -0.39 is 17.9 Å². The fourth-order valence-corrected chi connectivity index (χ4v) is 24.3. The third-order valence-corrected chi connectivity index (χ3v) is 32.0. The summed E-state index contributed by atoms with van der Waals surface area (Å²) in [5.41, 5.74) is 19.6. The van der Waals surface area contributed by atoms with E-state index >= 15 is 0 Å². The molecule has 12 atom stereocenters. The Morgan fingerprint density at radius 3 is 0.910 bits per heavy atom. The largest absolute Gasteiger partial charge is 0.507 e. The SMILES string of the molecule is C=C(C)[C@@H]1CCC(C)=C[C@H]1c1c(O)cc(CCC)c(C(=O)OC)c1O.C=C(C)[C@@H]1CCC(C)=C[C@H]1c1c(O)cc(CCCCC)c(C(=O)O)c1O.C=C(C)[C@@H]1CCC(C)=C[C@H]1c1c(O)cc(CCCCC)cc1O.CCCCCc1cc(O)c2c(c1)OC(C)(C)[C@@H]1CCC(C)=C[C@@H]21.CCCCCc1cc2c(c(O)c1C(=O)O)[C@@H]1C=C(C)CC[C@H]1C(C)(C)O2.CCCc1cc(O)c2c(c1)OC(C)(C)[C@@H]1CCC(C)=C[C@@H]21. The zero-order valence-electron chi connectivity index (χ0n) is 91.1. The van der Waals surface area contributed by atoms with Crippen molar-refractivity contribution < 1.29 is 89.5 Å². The van der Waals surface area contributed by atoms with Gasteiger partial charge in [0, 0.05) is 86.6 Å². The van der Waals surface area contributed by atoms with Gasteiger partial charge in [0.25, 0.3) is 0 Å². The quantitative estimate of drug-likeness (QED) is 0.0118. The molecule has 786 valence electrons. The summed E-state index contributed by atoms with van der Waals surface area (Å²) in [6.45, 7) is 56.6. The molecule has 0 saturated carbocycles. The number of rotatable bonds is 29. The number of hydrogen-bond donors (Lipinski definition) is 11. The van der Waals surface area contributed by atoms with Crippen LogP contribution in [0.15, 0.2) is 161 Å². The van der Waals surface area contributed by atoms with E-state index in [4.69, 9.17) is 18.9 Å². The zero-order valence-corrected chi connectivity index (χ0v) is 91.1. The van der Waals surface area contributed by atoms with Gasteiger partial charge in [-0.3, -0.25) is 0 Å². The Labute approximate surface area is 861 Å². The molecule has 11 N–H and O–H groups in total. The summed E-state index contributed by atoms with van der Waals surface area (Å²) in [6, 6.07) is 16.8. The molecule has 6 aliphatic carbocycles. The minimum Gasteiger partial charge on any atom is -0.507 e. The first kappa shape index (κ1) is 115. The second-order valence-electron chi connectivity index (χ2n) is 44.8. The fraction of sp³-hybridized carbons (Fsp3) is 0.548.